The molecule has 3 aromatic carbocycles. The molecule has 1 saturated carbocycles. The van der Waals surface area contributed by atoms with Crippen LogP contribution in [0.1, 0.15) is 60.9 Å². The Morgan fingerprint density at radius 2 is 1.51 bits per heavy atom. The number of nitrogens with one attached hydrogen (secondary N) is 1. The Hall–Kier alpha value is -5.33. The van der Waals surface area contributed by atoms with E-state index in [0.29, 0.717) is 6.54 Å². The third kappa shape index (κ3) is 7.57. The van der Waals surface area contributed by atoms with Crippen LogP contribution in [0.3, 0.4) is 0 Å². The molecule has 0 unspecified atom stereocenters. The molecule has 2 heterocycles. The second-order valence-electron chi connectivity index (χ2n) is 13.5. The highest BCUT2D eigenvalue weighted by Gasteiger charge is 2.52. The number of amides is 1. The largest absolute Gasteiger partial charge is 0.481 e. The average Bonchev–Trinajstić information content (AvgIpc) is 3.48. The predicted molar refractivity (Wildman–Crippen MR) is 188 cm³/mol. The number of aliphatic carboxylic acids is 3. The third-order valence-electron chi connectivity index (χ3n) is 10.3. The zero-order chi connectivity index (χ0) is 37.0. The number of halogens is 1. The van der Waals surface area contributed by atoms with E-state index in [-0.39, 0.29) is 17.3 Å². The number of carboxylic acids is 3. The van der Waals surface area contributed by atoms with Crippen LogP contribution in [-0.4, -0.2) is 85.3 Å². The molecule has 0 radical (unpaired) electrons. The number of hydrogen-bond donors (Lipinski definition) is 5. The van der Waals surface area contributed by atoms with Gasteiger partial charge in [0.25, 0.3) is 0 Å². The molecule has 1 aliphatic heterocycles. The number of carbonyl (C=O) groups is 4. The number of H-pyrrole nitrogens is 1. The molecular weight excluding hydrogens is 657 g/mol. The number of rotatable bonds is 9. The van der Waals surface area contributed by atoms with Crippen molar-refractivity contribution in [3.63, 3.8) is 0 Å². The van der Waals surface area contributed by atoms with Gasteiger partial charge in [0.05, 0.1) is 18.4 Å². The molecule has 2 aliphatic rings. The van der Waals surface area contributed by atoms with Gasteiger partial charge in [-0.3, -0.25) is 19.3 Å². The molecule has 0 bridgehead atoms. The molecule has 51 heavy (non-hydrogen) atoms. The van der Waals surface area contributed by atoms with Crippen molar-refractivity contribution in [2.75, 3.05) is 20.6 Å². The maximum Gasteiger partial charge on any atom is 0.336 e. The van der Waals surface area contributed by atoms with Gasteiger partial charge in [0.1, 0.15) is 5.82 Å². The van der Waals surface area contributed by atoms with E-state index in [1.54, 1.807) is 18.2 Å². The Kier molecular flexibility index (Phi) is 10.8. The van der Waals surface area contributed by atoms with E-state index >= 15 is 0 Å². The standard InChI is InChI=1S/C33H34FN3O.C6H8O7/c1-36(2)32(25-11-8-12-26(34)23-25)18-20-33(21-19-32)31-28(27-13-6-7-14-29(27)35-31)17-22-37(33)30(38)16-15-24-9-4-3-5-10-24;7-3(8)1-6(13,5(11)12)2-4(9)10/h3-16,23,35H,17-22H2,1-2H3;13H,1-2H2,(H,7,8)(H,9,10)(H,11,12). The van der Waals surface area contributed by atoms with E-state index in [4.69, 9.17) is 20.4 Å². The molecule has 4 aromatic rings. The molecule has 12 heteroatoms. The van der Waals surface area contributed by atoms with Crippen molar-refractivity contribution in [3.8, 4) is 0 Å². The lowest BCUT2D eigenvalue weighted by atomic mass is 9.65. The summed E-state index contributed by atoms with van der Waals surface area (Å²) in [6.45, 7) is 0.682. The van der Waals surface area contributed by atoms with E-state index in [1.165, 1.54) is 22.7 Å². The summed E-state index contributed by atoms with van der Waals surface area (Å²) in [6.07, 6.45) is 5.42. The summed E-state index contributed by atoms with van der Waals surface area (Å²) < 4.78 is 14.3. The van der Waals surface area contributed by atoms with E-state index in [9.17, 15) is 23.6 Å². The van der Waals surface area contributed by atoms with Crippen molar-refractivity contribution in [2.45, 2.75) is 61.6 Å². The fourth-order valence-electron chi connectivity index (χ4n) is 7.66. The third-order valence-corrected chi connectivity index (χ3v) is 10.3. The van der Waals surface area contributed by atoms with E-state index < -0.39 is 41.9 Å². The molecule has 1 fully saturated rings. The number of fused-ring (bicyclic) bond motifs is 4. The Morgan fingerprint density at radius 1 is 0.882 bits per heavy atom. The highest BCUT2D eigenvalue weighted by Crippen LogP contribution is 2.53. The lowest BCUT2D eigenvalue weighted by molar-refractivity contribution is -0.170. The maximum absolute atomic E-state index is 14.3. The van der Waals surface area contributed by atoms with Crippen molar-refractivity contribution in [2.24, 2.45) is 0 Å². The number of para-hydroxylation sites is 1. The van der Waals surface area contributed by atoms with Gasteiger partial charge in [-0.05, 0) is 87.2 Å². The molecule has 1 aromatic heterocycles. The van der Waals surface area contributed by atoms with Gasteiger partial charge in [-0.25, -0.2) is 9.18 Å². The lowest BCUT2D eigenvalue weighted by Crippen LogP contribution is -2.58. The van der Waals surface area contributed by atoms with E-state index in [1.807, 2.05) is 42.5 Å². The molecule has 6 rings (SSSR count). The summed E-state index contributed by atoms with van der Waals surface area (Å²) in [5, 5.41) is 35.1. The number of carbonyl (C=O) groups excluding carboxylic acids is 1. The number of aliphatic hydroxyl groups is 1. The highest BCUT2D eigenvalue weighted by molar-refractivity contribution is 5.94. The summed E-state index contributed by atoms with van der Waals surface area (Å²) >= 11 is 0. The number of hydrogen-bond acceptors (Lipinski definition) is 6. The first-order chi connectivity index (χ1) is 24.2. The second-order valence-corrected chi connectivity index (χ2v) is 13.5. The van der Waals surface area contributed by atoms with E-state index in [0.717, 1.165) is 48.7 Å². The highest BCUT2D eigenvalue weighted by atomic mass is 19.1. The van der Waals surface area contributed by atoms with Crippen LogP contribution in [0.15, 0.2) is 84.9 Å². The van der Waals surface area contributed by atoms with Gasteiger partial charge < -0.3 is 30.3 Å². The Bertz CT molecular complexity index is 1930. The summed E-state index contributed by atoms with van der Waals surface area (Å²) in [6, 6.07) is 25.5. The molecule has 0 saturated heterocycles. The summed E-state index contributed by atoms with van der Waals surface area (Å²) in [5.74, 6) is -5.18. The van der Waals surface area contributed by atoms with Crippen LogP contribution in [0.4, 0.5) is 4.39 Å². The molecule has 268 valence electrons. The van der Waals surface area contributed by atoms with Crippen molar-refractivity contribution in [3.05, 3.63) is 113 Å². The molecule has 1 amide bonds. The summed E-state index contributed by atoms with van der Waals surface area (Å²) in [5.41, 5.74) is 2.20. The smallest absolute Gasteiger partial charge is 0.336 e. The topological polar surface area (TPSA) is 171 Å². The van der Waals surface area contributed by atoms with Crippen molar-refractivity contribution in [1.82, 2.24) is 14.8 Å². The quantitative estimate of drug-likeness (QED) is 0.144. The first kappa shape index (κ1) is 36.9. The maximum atomic E-state index is 14.3. The molecule has 0 atom stereocenters. The fourth-order valence-corrected chi connectivity index (χ4v) is 7.66. The lowest BCUT2D eigenvalue weighted by Gasteiger charge is -2.55. The summed E-state index contributed by atoms with van der Waals surface area (Å²) in [4.78, 5) is 52.4. The van der Waals surface area contributed by atoms with Gasteiger partial charge in [0.15, 0.2) is 5.60 Å². The van der Waals surface area contributed by atoms with Gasteiger partial charge in [0.2, 0.25) is 5.91 Å². The number of carboxylic acid groups (broad SMARTS) is 3. The zero-order valence-electron chi connectivity index (χ0n) is 28.5. The minimum Gasteiger partial charge on any atom is -0.481 e. The first-order valence-electron chi connectivity index (χ1n) is 16.7. The van der Waals surface area contributed by atoms with Crippen LogP contribution >= 0.6 is 0 Å². The monoisotopic (exact) mass is 699 g/mol. The molecule has 11 nitrogen and oxygen atoms in total. The van der Waals surface area contributed by atoms with Crippen molar-refractivity contribution >= 4 is 40.8 Å². The van der Waals surface area contributed by atoms with Crippen LogP contribution in [-0.2, 0) is 36.7 Å². The second kappa shape index (κ2) is 14.9. The average molecular weight is 700 g/mol. The van der Waals surface area contributed by atoms with Gasteiger partial charge in [0, 0.05) is 34.8 Å². The van der Waals surface area contributed by atoms with Gasteiger partial charge in [-0.2, -0.15) is 0 Å². The number of aromatic nitrogens is 1. The van der Waals surface area contributed by atoms with Crippen LogP contribution in [0.2, 0.25) is 0 Å². The Balaban J connectivity index is 0.000000332. The normalized spacial score (nSPS) is 20.2. The zero-order valence-corrected chi connectivity index (χ0v) is 28.5. The minimum absolute atomic E-state index is 0.0428. The van der Waals surface area contributed by atoms with Crippen LogP contribution in [0.25, 0.3) is 17.0 Å². The van der Waals surface area contributed by atoms with E-state index in [2.05, 4.69) is 53.1 Å². The number of aromatic amines is 1. The number of nitrogens with zero attached hydrogens (tertiary/aromatic N) is 2. The summed E-state index contributed by atoms with van der Waals surface area (Å²) in [7, 11) is 4.17. The van der Waals surface area contributed by atoms with Gasteiger partial charge >= 0.3 is 17.9 Å². The number of benzene rings is 3. The molecule has 1 spiro atoms. The van der Waals surface area contributed by atoms with Crippen LogP contribution in [0.5, 0.6) is 0 Å². The van der Waals surface area contributed by atoms with Crippen LogP contribution < -0.4 is 0 Å². The van der Waals surface area contributed by atoms with Gasteiger partial charge in [-0.1, -0.05) is 60.7 Å². The van der Waals surface area contributed by atoms with Gasteiger partial charge in [-0.15, -0.1) is 0 Å². The van der Waals surface area contributed by atoms with Crippen molar-refractivity contribution in [1.29, 1.82) is 0 Å². The predicted octanol–water partition coefficient (Wildman–Crippen LogP) is 5.38. The SMILES string of the molecule is CN(C)C1(c2cccc(F)c2)CCC2(CC1)c1[nH]c3ccccc3c1CCN2C(=O)C=Cc1ccccc1.O=C(O)CC(O)(CC(=O)O)C(=O)O. The molecular formula is C39H42FN3O8. The van der Waals surface area contributed by atoms with Crippen molar-refractivity contribution < 1.29 is 44.0 Å². The first-order valence-corrected chi connectivity index (χ1v) is 16.7. The molecule has 5 N–H and O–H groups in total. The minimum atomic E-state index is -2.74. The Labute approximate surface area is 294 Å². The van der Waals surface area contributed by atoms with Crippen LogP contribution in [0, 0.1) is 5.82 Å². The fraction of sp³-hybridized carbons (Fsp3) is 0.333. The Morgan fingerprint density at radius 3 is 2.10 bits per heavy atom. The molecule has 1 aliphatic carbocycles.